The molecule has 0 unspecified atom stereocenters. The molecule has 0 radical (unpaired) electrons. The van der Waals surface area contributed by atoms with Gasteiger partial charge in [-0.2, -0.15) is 0 Å². The molecule has 4 rings (SSSR count). The number of para-hydroxylation sites is 1. The number of thiazole rings is 1. The molecule has 1 atom stereocenters. The third-order valence-corrected chi connectivity index (χ3v) is 6.90. The number of anilines is 1. The van der Waals surface area contributed by atoms with E-state index in [-0.39, 0.29) is 12.0 Å². The average molecular weight is 413 g/mol. The standard InChI is InChI=1S/C22H24N2O2S2/c1-14-9-10-17(15(2)12-14)21(25)24(13-16-6-5-11-26-16)22-23-20-18(27-3)7-4-8-19(20)28-22/h4,7-10,12,16H,5-6,11,13H2,1-3H3/t16-/m1/s1. The summed E-state index contributed by atoms with van der Waals surface area (Å²) in [6.45, 7) is 5.35. The van der Waals surface area contributed by atoms with Crippen LogP contribution in [0, 0.1) is 13.8 Å². The minimum absolute atomic E-state index is 0.00208. The van der Waals surface area contributed by atoms with Crippen LogP contribution in [0.25, 0.3) is 10.2 Å². The lowest BCUT2D eigenvalue weighted by atomic mass is 10.0. The molecule has 1 aliphatic heterocycles. The highest BCUT2D eigenvalue weighted by Crippen LogP contribution is 2.35. The van der Waals surface area contributed by atoms with E-state index in [1.807, 2.05) is 36.9 Å². The monoisotopic (exact) mass is 412 g/mol. The Bertz CT molecular complexity index is 1010. The summed E-state index contributed by atoms with van der Waals surface area (Å²) in [5, 5.41) is 0.747. The van der Waals surface area contributed by atoms with Gasteiger partial charge in [-0.05, 0) is 56.7 Å². The van der Waals surface area contributed by atoms with Crippen molar-refractivity contribution in [2.24, 2.45) is 0 Å². The predicted octanol–water partition coefficient (Wildman–Crippen LogP) is 5.46. The van der Waals surface area contributed by atoms with Gasteiger partial charge < -0.3 is 4.74 Å². The highest BCUT2D eigenvalue weighted by molar-refractivity contribution is 7.98. The Balaban J connectivity index is 1.75. The molecule has 2 heterocycles. The summed E-state index contributed by atoms with van der Waals surface area (Å²) in [6, 6.07) is 12.2. The molecule has 1 amide bonds. The molecule has 0 saturated carbocycles. The quantitative estimate of drug-likeness (QED) is 0.522. The van der Waals surface area contributed by atoms with Crippen LogP contribution in [-0.4, -0.2) is 36.4 Å². The number of thioether (sulfide) groups is 1. The number of aromatic nitrogens is 1. The Morgan fingerprint density at radius 3 is 2.89 bits per heavy atom. The van der Waals surface area contributed by atoms with Crippen molar-refractivity contribution in [1.29, 1.82) is 0 Å². The van der Waals surface area contributed by atoms with Crippen molar-refractivity contribution in [3.8, 4) is 0 Å². The molecule has 1 fully saturated rings. The maximum absolute atomic E-state index is 13.5. The molecular formula is C22H24N2O2S2. The molecule has 146 valence electrons. The van der Waals surface area contributed by atoms with Crippen molar-refractivity contribution < 1.29 is 9.53 Å². The van der Waals surface area contributed by atoms with E-state index in [0.29, 0.717) is 6.54 Å². The third-order valence-electron chi connectivity index (χ3n) is 5.09. The van der Waals surface area contributed by atoms with Crippen molar-refractivity contribution in [3.63, 3.8) is 0 Å². The predicted molar refractivity (Wildman–Crippen MR) is 118 cm³/mol. The Kier molecular flexibility index (Phi) is 5.71. The minimum Gasteiger partial charge on any atom is -0.376 e. The number of carbonyl (C=O) groups excluding carboxylic acids is 1. The van der Waals surface area contributed by atoms with Crippen molar-refractivity contribution in [2.75, 3.05) is 24.3 Å². The van der Waals surface area contributed by atoms with Gasteiger partial charge in [-0.1, -0.05) is 35.1 Å². The number of aryl methyl sites for hydroxylation is 2. The van der Waals surface area contributed by atoms with Gasteiger partial charge in [-0.3, -0.25) is 9.69 Å². The van der Waals surface area contributed by atoms with Crippen LogP contribution in [0.15, 0.2) is 41.3 Å². The lowest BCUT2D eigenvalue weighted by Crippen LogP contribution is -2.37. The molecule has 1 aliphatic rings. The number of hydrogen-bond acceptors (Lipinski definition) is 5. The van der Waals surface area contributed by atoms with E-state index < -0.39 is 0 Å². The summed E-state index contributed by atoms with van der Waals surface area (Å²) in [4.78, 5) is 21.4. The first-order valence-electron chi connectivity index (χ1n) is 9.51. The molecule has 1 saturated heterocycles. The lowest BCUT2D eigenvalue weighted by molar-refractivity contribution is 0.0917. The highest BCUT2D eigenvalue weighted by atomic mass is 32.2. The van der Waals surface area contributed by atoms with Crippen LogP contribution in [0.1, 0.15) is 34.3 Å². The van der Waals surface area contributed by atoms with E-state index in [0.717, 1.165) is 56.4 Å². The summed E-state index contributed by atoms with van der Waals surface area (Å²) in [6.07, 6.45) is 4.16. The number of rotatable bonds is 5. The van der Waals surface area contributed by atoms with Gasteiger partial charge in [0.05, 0.1) is 22.9 Å². The molecule has 0 bridgehead atoms. The van der Waals surface area contributed by atoms with Crippen LogP contribution in [0.3, 0.4) is 0 Å². The summed E-state index contributed by atoms with van der Waals surface area (Å²) in [7, 11) is 0. The zero-order valence-corrected chi connectivity index (χ0v) is 18.0. The molecule has 3 aromatic rings. The second kappa shape index (κ2) is 8.23. The number of carbonyl (C=O) groups is 1. The first kappa shape index (κ1) is 19.4. The maximum Gasteiger partial charge on any atom is 0.260 e. The summed E-state index contributed by atoms with van der Waals surface area (Å²) in [5.41, 5.74) is 3.85. The normalized spacial score (nSPS) is 16.6. The van der Waals surface area contributed by atoms with Crippen molar-refractivity contribution in [2.45, 2.75) is 37.7 Å². The number of hydrogen-bond donors (Lipinski definition) is 0. The molecule has 1 aromatic heterocycles. The van der Waals surface area contributed by atoms with Crippen molar-refractivity contribution in [3.05, 3.63) is 53.1 Å². The van der Waals surface area contributed by atoms with E-state index in [9.17, 15) is 4.79 Å². The maximum atomic E-state index is 13.5. The van der Waals surface area contributed by atoms with Gasteiger partial charge in [0.25, 0.3) is 5.91 Å². The SMILES string of the molecule is CSc1cccc2sc(N(C[C@H]3CCCO3)C(=O)c3ccc(C)cc3C)nc12. The molecule has 28 heavy (non-hydrogen) atoms. The van der Waals surface area contributed by atoms with E-state index in [1.165, 1.54) is 0 Å². The van der Waals surface area contributed by atoms with E-state index in [2.05, 4.69) is 24.5 Å². The second-order valence-electron chi connectivity index (χ2n) is 7.17. The first-order chi connectivity index (χ1) is 13.6. The smallest absolute Gasteiger partial charge is 0.260 e. The van der Waals surface area contributed by atoms with Gasteiger partial charge in [-0.15, -0.1) is 11.8 Å². The van der Waals surface area contributed by atoms with Crippen molar-refractivity contribution >= 4 is 44.4 Å². The summed E-state index contributed by atoms with van der Waals surface area (Å²) < 4.78 is 6.94. The molecular weight excluding hydrogens is 388 g/mol. The van der Waals surface area contributed by atoms with Gasteiger partial charge in [0.2, 0.25) is 0 Å². The van der Waals surface area contributed by atoms with Crippen LogP contribution < -0.4 is 4.90 Å². The van der Waals surface area contributed by atoms with Crippen LogP contribution >= 0.6 is 23.1 Å². The molecule has 0 spiro atoms. The largest absolute Gasteiger partial charge is 0.376 e. The number of fused-ring (bicyclic) bond motifs is 1. The van der Waals surface area contributed by atoms with E-state index >= 15 is 0 Å². The van der Waals surface area contributed by atoms with Gasteiger partial charge >= 0.3 is 0 Å². The summed E-state index contributed by atoms with van der Waals surface area (Å²) >= 11 is 3.26. The van der Waals surface area contributed by atoms with Gasteiger partial charge in [-0.25, -0.2) is 4.98 Å². The Hall–Kier alpha value is -1.89. The molecule has 6 heteroatoms. The Morgan fingerprint density at radius 2 is 2.18 bits per heavy atom. The Labute approximate surface area is 173 Å². The van der Waals surface area contributed by atoms with Crippen molar-refractivity contribution in [1.82, 2.24) is 4.98 Å². The van der Waals surface area contributed by atoms with Crippen LogP contribution in [0.2, 0.25) is 0 Å². The van der Waals surface area contributed by atoms with Gasteiger partial charge in [0.1, 0.15) is 0 Å². The number of benzene rings is 2. The van der Waals surface area contributed by atoms with E-state index in [4.69, 9.17) is 9.72 Å². The molecule has 0 N–H and O–H groups in total. The topological polar surface area (TPSA) is 42.4 Å². The van der Waals surface area contributed by atoms with E-state index in [1.54, 1.807) is 23.1 Å². The first-order valence-corrected chi connectivity index (χ1v) is 11.5. The minimum atomic E-state index is -0.00208. The molecule has 4 nitrogen and oxygen atoms in total. The average Bonchev–Trinajstić information content (AvgIpc) is 3.34. The third kappa shape index (κ3) is 3.81. The number of ether oxygens (including phenoxy) is 1. The fourth-order valence-corrected chi connectivity index (χ4v) is 5.26. The van der Waals surface area contributed by atoms with Crippen LogP contribution in [0.5, 0.6) is 0 Å². The second-order valence-corrected chi connectivity index (χ2v) is 9.03. The molecule has 0 aliphatic carbocycles. The fourth-order valence-electron chi connectivity index (χ4n) is 3.63. The number of amides is 1. The van der Waals surface area contributed by atoms with Crippen LogP contribution in [-0.2, 0) is 4.74 Å². The fraction of sp³-hybridized carbons (Fsp3) is 0.364. The Morgan fingerprint density at radius 1 is 1.32 bits per heavy atom. The van der Waals surface area contributed by atoms with Crippen LogP contribution in [0.4, 0.5) is 5.13 Å². The summed E-state index contributed by atoms with van der Waals surface area (Å²) in [5.74, 6) is -0.00208. The van der Waals surface area contributed by atoms with Gasteiger partial charge in [0, 0.05) is 17.1 Å². The lowest BCUT2D eigenvalue weighted by Gasteiger charge is -2.24. The van der Waals surface area contributed by atoms with Gasteiger partial charge in [0.15, 0.2) is 5.13 Å². The number of nitrogens with zero attached hydrogens (tertiary/aromatic N) is 2. The highest BCUT2D eigenvalue weighted by Gasteiger charge is 2.28. The zero-order valence-electron chi connectivity index (χ0n) is 16.4. The zero-order chi connectivity index (χ0) is 19.7. The molecule has 2 aromatic carbocycles.